The SMILES string of the molecule is c1ccc(P2CCC3C4C5CC6C4C6C5C32)cc1. The predicted molar refractivity (Wildman–Crippen MR) is 75.3 cm³/mol. The highest BCUT2D eigenvalue weighted by Crippen LogP contribution is 2.86. The van der Waals surface area contributed by atoms with E-state index in [9.17, 15) is 0 Å². The number of rotatable bonds is 1. The van der Waals surface area contributed by atoms with Crippen LogP contribution >= 0.6 is 7.92 Å². The molecule has 0 aromatic heterocycles. The van der Waals surface area contributed by atoms with Crippen LogP contribution in [0.3, 0.4) is 0 Å². The van der Waals surface area contributed by atoms with E-state index in [4.69, 9.17) is 0 Å². The number of hydrogen-bond acceptors (Lipinski definition) is 0. The van der Waals surface area contributed by atoms with Crippen molar-refractivity contribution in [2.75, 3.05) is 6.16 Å². The molecule has 1 heterocycles. The lowest BCUT2D eigenvalue weighted by atomic mass is 9.86. The van der Waals surface area contributed by atoms with Crippen molar-refractivity contribution in [2.45, 2.75) is 18.5 Å². The largest absolute Gasteiger partial charge is 0.0715 e. The van der Waals surface area contributed by atoms with Crippen molar-refractivity contribution in [3.8, 4) is 0 Å². The van der Waals surface area contributed by atoms with Crippen molar-refractivity contribution in [3.05, 3.63) is 30.3 Å². The summed E-state index contributed by atoms with van der Waals surface area (Å²) in [5.41, 5.74) is 1.16. The lowest BCUT2D eigenvalue weighted by molar-refractivity contribution is 0.320. The van der Waals surface area contributed by atoms with Gasteiger partial charge in [-0.1, -0.05) is 38.3 Å². The minimum atomic E-state index is 0.205. The Morgan fingerprint density at radius 1 is 0.833 bits per heavy atom. The van der Waals surface area contributed by atoms with E-state index in [-0.39, 0.29) is 7.92 Å². The summed E-state index contributed by atoms with van der Waals surface area (Å²) in [7, 11) is 0.205. The standard InChI is InChI=1S/C17H19P/c1-2-4-9(5-3-1)18-7-6-10-13-11-8-12-14(13)15(12)16(11)17(10)18/h1-5,10-17H,6-8H2. The van der Waals surface area contributed by atoms with E-state index >= 15 is 0 Å². The van der Waals surface area contributed by atoms with E-state index < -0.39 is 0 Å². The molecule has 1 aliphatic heterocycles. The second kappa shape index (κ2) is 2.88. The van der Waals surface area contributed by atoms with E-state index in [0.717, 1.165) is 5.66 Å². The highest BCUT2D eigenvalue weighted by atomic mass is 31.1. The van der Waals surface area contributed by atoms with Crippen molar-refractivity contribution < 1.29 is 0 Å². The zero-order chi connectivity index (χ0) is 11.4. The molecule has 9 unspecified atom stereocenters. The maximum atomic E-state index is 2.43. The number of benzene rings is 1. The average molecular weight is 254 g/mol. The molecule has 5 saturated carbocycles. The normalized spacial score (nSPS) is 61.2. The summed E-state index contributed by atoms with van der Waals surface area (Å²) in [6.45, 7) is 0. The Hall–Kier alpha value is -0.350. The van der Waals surface area contributed by atoms with Gasteiger partial charge in [-0.2, -0.15) is 0 Å². The fourth-order valence-electron chi connectivity index (χ4n) is 7.04. The first-order valence-corrected chi connectivity index (χ1v) is 9.36. The molecule has 6 bridgehead atoms. The maximum absolute atomic E-state index is 2.43. The van der Waals surface area contributed by atoms with Gasteiger partial charge in [0, 0.05) is 0 Å². The van der Waals surface area contributed by atoms with Crippen LogP contribution in [-0.4, -0.2) is 11.8 Å². The molecule has 6 aliphatic rings. The van der Waals surface area contributed by atoms with Crippen LogP contribution < -0.4 is 5.30 Å². The maximum Gasteiger partial charge on any atom is -0.0104 e. The van der Waals surface area contributed by atoms with Crippen molar-refractivity contribution in [3.63, 3.8) is 0 Å². The molecule has 92 valence electrons. The Balaban J connectivity index is 1.44. The lowest BCUT2D eigenvalue weighted by Crippen LogP contribution is -2.25. The molecule has 18 heavy (non-hydrogen) atoms. The number of fused-ring (bicyclic) bond motifs is 1. The van der Waals surface area contributed by atoms with Crippen LogP contribution in [0.2, 0.25) is 0 Å². The molecule has 1 aromatic carbocycles. The summed E-state index contributed by atoms with van der Waals surface area (Å²) >= 11 is 0. The number of hydrogen-bond donors (Lipinski definition) is 0. The van der Waals surface area contributed by atoms with Gasteiger partial charge in [-0.3, -0.25) is 0 Å². The van der Waals surface area contributed by atoms with Gasteiger partial charge in [-0.15, -0.1) is 0 Å². The molecule has 0 nitrogen and oxygen atoms in total. The molecular formula is C17H19P. The summed E-state index contributed by atoms with van der Waals surface area (Å²) in [6.07, 6.45) is 4.78. The third-order valence-electron chi connectivity index (χ3n) is 7.19. The van der Waals surface area contributed by atoms with Crippen molar-refractivity contribution in [2.24, 2.45) is 41.4 Å². The van der Waals surface area contributed by atoms with E-state index in [1.165, 1.54) is 41.4 Å². The van der Waals surface area contributed by atoms with Crippen LogP contribution in [0.4, 0.5) is 0 Å². The molecule has 1 aromatic rings. The molecule has 6 fully saturated rings. The second-order valence-corrected chi connectivity index (χ2v) is 9.84. The molecule has 5 aliphatic carbocycles. The topological polar surface area (TPSA) is 0 Å². The highest BCUT2D eigenvalue weighted by Gasteiger charge is 2.81. The second-order valence-electron chi connectivity index (χ2n) is 7.34. The van der Waals surface area contributed by atoms with Gasteiger partial charge in [0.2, 0.25) is 0 Å². The minimum absolute atomic E-state index is 0.205. The van der Waals surface area contributed by atoms with Gasteiger partial charge in [-0.25, -0.2) is 0 Å². The van der Waals surface area contributed by atoms with Gasteiger partial charge in [0.25, 0.3) is 0 Å². The molecular weight excluding hydrogens is 235 g/mol. The third-order valence-corrected chi connectivity index (χ3v) is 10.3. The summed E-state index contributed by atoms with van der Waals surface area (Å²) in [4.78, 5) is 0. The average Bonchev–Trinajstić information content (AvgIpc) is 2.92. The van der Waals surface area contributed by atoms with Crippen LogP contribution in [0.15, 0.2) is 30.3 Å². The van der Waals surface area contributed by atoms with E-state index in [0.29, 0.717) is 0 Å². The van der Waals surface area contributed by atoms with Gasteiger partial charge < -0.3 is 0 Å². The van der Waals surface area contributed by atoms with Gasteiger partial charge >= 0.3 is 0 Å². The summed E-state index contributed by atoms with van der Waals surface area (Å²) in [6, 6.07) is 11.6. The smallest absolute Gasteiger partial charge is 0.0104 e. The molecule has 0 spiro atoms. The van der Waals surface area contributed by atoms with E-state index in [2.05, 4.69) is 30.3 Å². The van der Waals surface area contributed by atoms with Crippen molar-refractivity contribution in [1.29, 1.82) is 0 Å². The highest BCUT2D eigenvalue weighted by molar-refractivity contribution is 7.66. The van der Waals surface area contributed by atoms with E-state index in [1.807, 2.05) is 0 Å². The van der Waals surface area contributed by atoms with Gasteiger partial charge in [0.1, 0.15) is 0 Å². The van der Waals surface area contributed by atoms with Crippen LogP contribution in [0.25, 0.3) is 0 Å². The van der Waals surface area contributed by atoms with Crippen LogP contribution in [0, 0.1) is 41.4 Å². The summed E-state index contributed by atoms with van der Waals surface area (Å²) < 4.78 is 0. The Morgan fingerprint density at radius 2 is 1.61 bits per heavy atom. The molecule has 9 atom stereocenters. The first-order valence-electron chi connectivity index (χ1n) is 7.77. The van der Waals surface area contributed by atoms with Crippen molar-refractivity contribution >= 4 is 13.2 Å². The van der Waals surface area contributed by atoms with Gasteiger partial charge in [-0.05, 0) is 71.4 Å². The van der Waals surface area contributed by atoms with Crippen LogP contribution in [0.5, 0.6) is 0 Å². The Kier molecular flexibility index (Phi) is 1.52. The lowest BCUT2D eigenvalue weighted by Gasteiger charge is -2.29. The van der Waals surface area contributed by atoms with Crippen molar-refractivity contribution in [1.82, 2.24) is 0 Å². The zero-order valence-corrected chi connectivity index (χ0v) is 11.5. The Bertz CT molecular complexity index is 524. The third kappa shape index (κ3) is 0.856. The molecule has 0 N–H and O–H groups in total. The summed E-state index contributed by atoms with van der Waals surface area (Å²) in [5, 5.41) is 1.72. The molecule has 0 amide bonds. The monoisotopic (exact) mass is 254 g/mol. The molecule has 1 saturated heterocycles. The van der Waals surface area contributed by atoms with Crippen LogP contribution in [-0.2, 0) is 0 Å². The zero-order valence-electron chi connectivity index (χ0n) is 10.6. The molecule has 7 rings (SSSR count). The molecule has 0 radical (unpaired) electrons. The minimum Gasteiger partial charge on any atom is -0.0715 e. The van der Waals surface area contributed by atoms with E-state index in [1.54, 1.807) is 24.3 Å². The first-order chi connectivity index (χ1) is 8.95. The Labute approximate surface area is 110 Å². The predicted octanol–water partition coefficient (Wildman–Crippen LogP) is 3.32. The van der Waals surface area contributed by atoms with Gasteiger partial charge in [0.05, 0.1) is 0 Å². The van der Waals surface area contributed by atoms with Crippen LogP contribution in [0.1, 0.15) is 12.8 Å². The Morgan fingerprint density at radius 3 is 2.44 bits per heavy atom. The fraction of sp³-hybridized carbons (Fsp3) is 0.647. The molecule has 1 heteroatoms. The summed E-state index contributed by atoms with van der Waals surface area (Å²) in [5.74, 6) is 8.48. The quantitative estimate of drug-likeness (QED) is 0.674. The first kappa shape index (κ1) is 9.54. The fourth-order valence-corrected chi connectivity index (χ4v) is 10.7. The van der Waals surface area contributed by atoms with Gasteiger partial charge in [0.15, 0.2) is 0 Å².